The van der Waals surface area contributed by atoms with Crippen LogP contribution in [0.4, 0.5) is 0 Å². The van der Waals surface area contributed by atoms with Gasteiger partial charge in [-0.25, -0.2) is 4.98 Å². The second kappa shape index (κ2) is 3.37. The van der Waals surface area contributed by atoms with Gasteiger partial charge in [0.2, 0.25) is 0 Å². The van der Waals surface area contributed by atoms with Crippen molar-refractivity contribution in [2.24, 2.45) is 0 Å². The van der Waals surface area contributed by atoms with Crippen LogP contribution in [0, 0.1) is 0 Å². The lowest BCUT2D eigenvalue weighted by molar-refractivity contribution is 0.170. The zero-order valence-corrected chi connectivity index (χ0v) is 6.04. The van der Waals surface area contributed by atoms with Gasteiger partial charge >= 0.3 is 0 Å². The van der Waals surface area contributed by atoms with Gasteiger partial charge in [0.15, 0.2) is 0 Å². The van der Waals surface area contributed by atoms with Gasteiger partial charge in [0.05, 0.1) is 12.4 Å². The molecule has 0 aliphatic rings. The van der Waals surface area contributed by atoms with E-state index in [1.807, 2.05) is 6.92 Å². The summed E-state index contributed by atoms with van der Waals surface area (Å²) in [5.74, 6) is 0. The summed E-state index contributed by atoms with van der Waals surface area (Å²) in [6, 6.07) is 0. The maximum atomic E-state index is 9.18. The number of aliphatic hydroxyl groups excluding tert-OH is 1. The Morgan fingerprint density at radius 2 is 2.60 bits per heavy atom. The summed E-state index contributed by atoms with van der Waals surface area (Å²) < 4.78 is 0. The number of hydrogen-bond acceptors (Lipinski definition) is 2. The molecular weight excluding hydrogens is 128 g/mol. The Labute approximate surface area is 60.1 Å². The lowest BCUT2D eigenvalue weighted by Gasteiger charge is -2.03. The molecular formula is C7H12N2O. The van der Waals surface area contributed by atoms with Gasteiger partial charge in [-0.1, -0.05) is 6.92 Å². The largest absolute Gasteiger partial charge is 0.393 e. The number of H-pyrrole nitrogens is 1. The van der Waals surface area contributed by atoms with Gasteiger partial charge in [-0.3, -0.25) is 0 Å². The van der Waals surface area contributed by atoms with E-state index in [1.54, 1.807) is 12.5 Å². The number of nitrogens with zero attached hydrogens (tertiary/aromatic N) is 1. The Morgan fingerprint density at radius 1 is 1.80 bits per heavy atom. The van der Waals surface area contributed by atoms with E-state index in [9.17, 15) is 5.11 Å². The average Bonchev–Trinajstić information content (AvgIpc) is 2.40. The van der Waals surface area contributed by atoms with Gasteiger partial charge in [0, 0.05) is 18.3 Å². The number of imidazole rings is 1. The van der Waals surface area contributed by atoms with Gasteiger partial charge in [-0.15, -0.1) is 0 Å². The number of hydrogen-bond donors (Lipinski definition) is 2. The summed E-state index contributed by atoms with van der Waals surface area (Å²) in [5, 5.41) is 9.18. The van der Waals surface area contributed by atoms with E-state index >= 15 is 0 Å². The molecule has 0 bridgehead atoms. The molecule has 0 aliphatic heterocycles. The van der Waals surface area contributed by atoms with Gasteiger partial charge < -0.3 is 10.1 Å². The van der Waals surface area contributed by atoms with Crippen LogP contribution in [-0.2, 0) is 6.42 Å². The Hall–Kier alpha value is -0.830. The molecule has 1 atom stereocenters. The zero-order valence-electron chi connectivity index (χ0n) is 6.04. The second-order valence-electron chi connectivity index (χ2n) is 2.34. The Balaban J connectivity index is 2.40. The van der Waals surface area contributed by atoms with E-state index < -0.39 is 0 Å². The third-order valence-electron chi connectivity index (χ3n) is 1.48. The minimum absolute atomic E-state index is 0.236. The fourth-order valence-electron chi connectivity index (χ4n) is 0.795. The number of aromatic amines is 1. The van der Waals surface area contributed by atoms with Gasteiger partial charge in [-0.2, -0.15) is 0 Å². The summed E-state index contributed by atoms with van der Waals surface area (Å²) >= 11 is 0. The van der Waals surface area contributed by atoms with E-state index in [-0.39, 0.29) is 6.10 Å². The van der Waals surface area contributed by atoms with E-state index in [1.165, 1.54) is 0 Å². The van der Waals surface area contributed by atoms with Crippen molar-refractivity contribution >= 4 is 0 Å². The first-order valence-corrected chi connectivity index (χ1v) is 3.48. The lowest BCUT2D eigenvalue weighted by atomic mass is 10.2. The molecule has 56 valence electrons. The van der Waals surface area contributed by atoms with Crippen molar-refractivity contribution < 1.29 is 5.11 Å². The Kier molecular flexibility index (Phi) is 2.45. The molecule has 1 aromatic rings. The van der Waals surface area contributed by atoms with Crippen LogP contribution in [0.3, 0.4) is 0 Å². The normalized spacial score (nSPS) is 13.4. The van der Waals surface area contributed by atoms with Crippen molar-refractivity contribution in [3.05, 3.63) is 18.2 Å². The van der Waals surface area contributed by atoms with Crippen LogP contribution in [0.1, 0.15) is 19.0 Å². The fourth-order valence-corrected chi connectivity index (χ4v) is 0.795. The quantitative estimate of drug-likeness (QED) is 0.650. The first-order chi connectivity index (χ1) is 4.83. The summed E-state index contributed by atoms with van der Waals surface area (Å²) in [6.45, 7) is 1.96. The molecule has 1 aromatic heterocycles. The van der Waals surface area contributed by atoms with Crippen LogP contribution in [0.25, 0.3) is 0 Å². The molecule has 0 amide bonds. The Bertz CT molecular complexity index is 172. The highest BCUT2D eigenvalue weighted by Gasteiger charge is 2.01. The van der Waals surface area contributed by atoms with E-state index in [0.29, 0.717) is 6.42 Å². The molecule has 1 unspecified atom stereocenters. The highest BCUT2D eigenvalue weighted by molar-refractivity contribution is 4.95. The summed E-state index contributed by atoms with van der Waals surface area (Å²) in [5.41, 5.74) is 0.995. The maximum Gasteiger partial charge on any atom is 0.0921 e. The monoisotopic (exact) mass is 140 g/mol. The molecule has 1 heterocycles. The summed E-state index contributed by atoms with van der Waals surface area (Å²) in [6.07, 6.45) is 4.59. The van der Waals surface area contributed by atoms with Crippen molar-refractivity contribution in [3.63, 3.8) is 0 Å². The van der Waals surface area contributed by atoms with Crippen LogP contribution in [0.2, 0.25) is 0 Å². The first kappa shape index (κ1) is 7.28. The predicted molar refractivity (Wildman–Crippen MR) is 38.6 cm³/mol. The van der Waals surface area contributed by atoms with E-state index in [0.717, 1.165) is 12.1 Å². The van der Waals surface area contributed by atoms with Crippen LogP contribution >= 0.6 is 0 Å². The number of rotatable bonds is 3. The molecule has 3 heteroatoms. The molecule has 0 saturated carbocycles. The van der Waals surface area contributed by atoms with Crippen LogP contribution in [-0.4, -0.2) is 21.2 Å². The third-order valence-corrected chi connectivity index (χ3v) is 1.48. The average molecular weight is 140 g/mol. The standard InChI is InChI=1S/C7H12N2O/c1-2-7(10)3-6-4-8-5-9-6/h4-5,7,10H,2-3H2,1H3,(H,8,9). The van der Waals surface area contributed by atoms with Crippen LogP contribution in [0.15, 0.2) is 12.5 Å². The SMILES string of the molecule is CCC(O)Cc1cnc[nH]1. The molecule has 0 spiro atoms. The van der Waals surface area contributed by atoms with Gasteiger partial charge in [-0.05, 0) is 6.42 Å². The molecule has 1 rings (SSSR count). The van der Waals surface area contributed by atoms with Crippen LogP contribution in [0.5, 0.6) is 0 Å². The predicted octanol–water partition coefficient (Wildman–Crippen LogP) is 0.723. The number of aliphatic hydroxyl groups is 1. The minimum Gasteiger partial charge on any atom is -0.393 e. The maximum absolute atomic E-state index is 9.18. The molecule has 0 aliphatic carbocycles. The number of nitrogens with one attached hydrogen (secondary N) is 1. The Morgan fingerprint density at radius 3 is 3.10 bits per heavy atom. The van der Waals surface area contributed by atoms with Crippen LogP contribution < -0.4 is 0 Å². The second-order valence-corrected chi connectivity index (χ2v) is 2.34. The van der Waals surface area contributed by atoms with Crippen molar-refractivity contribution in [1.29, 1.82) is 0 Å². The highest BCUT2D eigenvalue weighted by atomic mass is 16.3. The van der Waals surface area contributed by atoms with Crippen molar-refractivity contribution in [2.75, 3.05) is 0 Å². The topological polar surface area (TPSA) is 48.9 Å². The lowest BCUT2D eigenvalue weighted by Crippen LogP contribution is -2.08. The molecule has 0 radical (unpaired) electrons. The fraction of sp³-hybridized carbons (Fsp3) is 0.571. The molecule has 3 nitrogen and oxygen atoms in total. The third kappa shape index (κ3) is 1.84. The van der Waals surface area contributed by atoms with Crippen molar-refractivity contribution in [1.82, 2.24) is 9.97 Å². The molecule has 0 aromatic carbocycles. The highest BCUT2D eigenvalue weighted by Crippen LogP contribution is 1.99. The molecule has 0 saturated heterocycles. The minimum atomic E-state index is -0.236. The van der Waals surface area contributed by atoms with E-state index in [4.69, 9.17) is 0 Å². The molecule has 0 fully saturated rings. The van der Waals surface area contributed by atoms with Gasteiger partial charge in [0.1, 0.15) is 0 Å². The summed E-state index contributed by atoms with van der Waals surface area (Å²) in [7, 11) is 0. The van der Waals surface area contributed by atoms with E-state index in [2.05, 4.69) is 9.97 Å². The zero-order chi connectivity index (χ0) is 7.40. The van der Waals surface area contributed by atoms with Crippen molar-refractivity contribution in [2.45, 2.75) is 25.9 Å². The smallest absolute Gasteiger partial charge is 0.0921 e. The molecule has 2 N–H and O–H groups in total. The van der Waals surface area contributed by atoms with Crippen molar-refractivity contribution in [3.8, 4) is 0 Å². The van der Waals surface area contributed by atoms with Gasteiger partial charge in [0.25, 0.3) is 0 Å². The first-order valence-electron chi connectivity index (χ1n) is 3.48. The molecule has 10 heavy (non-hydrogen) atoms. The number of aromatic nitrogens is 2. The summed E-state index contributed by atoms with van der Waals surface area (Å²) in [4.78, 5) is 6.77.